The lowest BCUT2D eigenvalue weighted by Crippen LogP contribution is -2.33. The van der Waals surface area contributed by atoms with Crippen LogP contribution in [-0.4, -0.2) is 37.9 Å². The highest BCUT2D eigenvalue weighted by Gasteiger charge is 2.16. The van der Waals surface area contributed by atoms with Crippen molar-refractivity contribution in [2.75, 3.05) is 31.9 Å². The molecule has 1 unspecified atom stereocenters. The molecule has 1 fully saturated rings. The summed E-state index contributed by atoms with van der Waals surface area (Å²) in [6.07, 6.45) is 1.97. The third-order valence-corrected chi connectivity index (χ3v) is 3.11. The van der Waals surface area contributed by atoms with Gasteiger partial charge < -0.3 is 14.8 Å². The summed E-state index contributed by atoms with van der Waals surface area (Å²) in [4.78, 5) is 11.6. The van der Waals surface area contributed by atoms with Crippen LogP contribution in [0, 0.1) is 0 Å². The number of carbonyl (C=O) groups is 1. The fraction of sp³-hybridized carbons (Fsp3) is 0.462. The highest BCUT2D eigenvalue weighted by molar-refractivity contribution is 7.98. The van der Waals surface area contributed by atoms with Crippen molar-refractivity contribution in [1.29, 1.82) is 0 Å². The molecule has 0 aromatic heterocycles. The molecule has 0 spiro atoms. The van der Waals surface area contributed by atoms with Gasteiger partial charge in [-0.2, -0.15) is 0 Å². The minimum Gasteiger partial charge on any atom is -0.451 e. The summed E-state index contributed by atoms with van der Waals surface area (Å²) in [6, 6.07) is 7.42. The lowest BCUT2D eigenvalue weighted by molar-refractivity contribution is 0.0276. The molecule has 1 N–H and O–H groups in total. The first-order valence-electron chi connectivity index (χ1n) is 5.89. The van der Waals surface area contributed by atoms with Gasteiger partial charge in [-0.1, -0.05) is 12.1 Å². The summed E-state index contributed by atoms with van der Waals surface area (Å²) in [5.41, 5.74) is 1.67. The van der Waals surface area contributed by atoms with Gasteiger partial charge in [-0.05, 0) is 24.0 Å². The number of nitrogens with one attached hydrogen (secondary N) is 1. The van der Waals surface area contributed by atoms with E-state index in [1.807, 2.05) is 18.4 Å². The van der Waals surface area contributed by atoms with Crippen LogP contribution in [-0.2, 0) is 9.47 Å². The van der Waals surface area contributed by atoms with E-state index in [2.05, 4.69) is 5.32 Å². The summed E-state index contributed by atoms with van der Waals surface area (Å²) in [6.45, 7) is 2.44. The van der Waals surface area contributed by atoms with Crippen LogP contribution in [0.5, 0.6) is 0 Å². The number of esters is 1. The number of hydrogen-bond donors (Lipinski definition) is 1. The SMILES string of the molecule is CSCOC(=O)c1ccc(C2CNCCO2)cc1. The van der Waals surface area contributed by atoms with Crippen molar-refractivity contribution >= 4 is 17.7 Å². The highest BCUT2D eigenvalue weighted by atomic mass is 32.2. The van der Waals surface area contributed by atoms with Crippen LogP contribution in [0.1, 0.15) is 22.0 Å². The lowest BCUT2D eigenvalue weighted by Gasteiger charge is -2.23. The summed E-state index contributed by atoms with van der Waals surface area (Å²) in [7, 11) is 0. The van der Waals surface area contributed by atoms with Crippen molar-refractivity contribution in [2.45, 2.75) is 6.10 Å². The van der Waals surface area contributed by atoms with Gasteiger partial charge in [-0.15, -0.1) is 11.8 Å². The second-order valence-electron chi connectivity index (χ2n) is 4.02. The Bertz CT molecular complexity index is 388. The summed E-state index contributed by atoms with van der Waals surface area (Å²) in [5, 5.41) is 3.28. The van der Waals surface area contributed by atoms with E-state index in [1.54, 1.807) is 12.1 Å². The van der Waals surface area contributed by atoms with Crippen molar-refractivity contribution in [2.24, 2.45) is 0 Å². The molecule has 2 rings (SSSR count). The zero-order valence-electron chi connectivity index (χ0n) is 10.3. The molecule has 1 heterocycles. The molecular formula is C13H17NO3S. The predicted molar refractivity (Wildman–Crippen MR) is 71.8 cm³/mol. The zero-order valence-corrected chi connectivity index (χ0v) is 11.2. The Morgan fingerprint density at radius 2 is 2.28 bits per heavy atom. The molecule has 1 aromatic carbocycles. The smallest absolute Gasteiger partial charge is 0.338 e. The molecule has 1 aliphatic heterocycles. The van der Waals surface area contributed by atoms with Crippen LogP contribution in [0.15, 0.2) is 24.3 Å². The maximum absolute atomic E-state index is 11.6. The summed E-state index contributed by atoms with van der Waals surface area (Å²) < 4.78 is 10.7. The summed E-state index contributed by atoms with van der Waals surface area (Å²) >= 11 is 1.48. The van der Waals surface area contributed by atoms with Gasteiger partial charge >= 0.3 is 5.97 Å². The second-order valence-corrected chi connectivity index (χ2v) is 4.84. The van der Waals surface area contributed by atoms with Gasteiger partial charge in [0.15, 0.2) is 0 Å². The maximum Gasteiger partial charge on any atom is 0.338 e. The molecule has 0 saturated carbocycles. The number of thioether (sulfide) groups is 1. The van der Waals surface area contributed by atoms with E-state index in [0.717, 1.165) is 25.3 Å². The normalized spacial score (nSPS) is 19.5. The number of ether oxygens (including phenoxy) is 2. The third kappa shape index (κ3) is 3.48. The molecule has 0 amide bonds. The Morgan fingerprint density at radius 3 is 2.89 bits per heavy atom. The average molecular weight is 267 g/mol. The summed E-state index contributed by atoms with van der Waals surface area (Å²) in [5.74, 6) is 0.106. The standard InChI is InChI=1S/C13H17NO3S/c1-18-9-17-13(15)11-4-2-10(3-5-11)12-8-14-6-7-16-12/h2-5,12,14H,6-9H2,1H3. The molecule has 0 bridgehead atoms. The topological polar surface area (TPSA) is 47.6 Å². The Labute approximate surface area is 111 Å². The minimum absolute atomic E-state index is 0.0787. The Balaban J connectivity index is 1.98. The van der Waals surface area contributed by atoms with Crippen molar-refractivity contribution in [3.63, 3.8) is 0 Å². The van der Waals surface area contributed by atoms with Gasteiger partial charge in [-0.25, -0.2) is 4.79 Å². The average Bonchev–Trinajstić information content (AvgIpc) is 2.46. The molecule has 98 valence electrons. The molecular weight excluding hydrogens is 250 g/mol. The van der Waals surface area contributed by atoms with Crippen molar-refractivity contribution in [1.82, 2.24) is 5.32 Å². The molecule has 0 radical (unpaired) electrons. The predicted octanol–water partition coefficient (Wildman–Crippen LogP) is 1.82. The van der Waals surface area contributed by atoms with Gasteiger partial charge in [0.25, 0.3) is 0 Å². The molecule has 1 aliphatic rings. The van der Waals surface area contributed by atoms with Crippen LogP contribution in [0.3, 0.4) is 0 Å². The molecule has 1 saturated heterocycles. The van der Waals surface area contributed by atoms with Gasteiger partial charge in [0.1, 0.15) is 5.94 Å². The Hall–Kier alpha value is -1.04. The van der Waals surface area contributed by atoms with E-state index < -0.39 is 0 Å². The van der Waals surface area contributed by atoms with Crippen LogP contribution < -0.4 is 5.32 Å². The fourth-order valence-electron chi connectivity index (χ4n) is 1.81. The molecule has 1 aromatic rings. The molecule has 0 aliphatic carbocycles. The number of morpholine rings is 1. The Kier molecular flexibility index (Phi) is 5.04. The van der Waals surface area contributed by atoms with E-state index in [0.29, 0.717) is 11.5 Å². The van der Waals surface area contributed by atoms with E-state index in [4.69, 9.17) is 9.47 Å². The number of carbonyl (C=O) groups excluding carboxylic acids is 1. The van der Waals surface area contributed by atoms with Crippen LogP contribution in [0.2, 0.25) is 0 Å². The van der Waals surface area contributed by atoms with Crippen molar-refractivity contribution in [3.05, 3.63) is 35.4 Å². The largest absolute Gasteiger partial charge is 0.451 e. The van der Waals surface area contributed by atoms with E-state index in [1.165, 1.54) is 11.8 Å². The van der Waals surface area contributed by atoms with Crippen molar-refractivity contribution < 1.29 is 14.3 Å². The van der Waals surface area contributed by atoms with E-state index in [-0.39, 0.29) is 12.1 Å². The first kappa shape index (κ1) is 13.4. The van der Waals surface area contributed by atoms with Gasteiger partial charge in [0.2, 0.25) is 0 Å². The molecule has 5 heteroatoms. The van der Waals surface area contributed by atoms with Crippen LogP contribution in [0.25, 0.3) is 0 Å². The first-order chi connectivity index (χ1) is 8.81. The number of hydrogen-bond acceptors (Lipinski definition) is 5. The first-order valence-corrected chi connectivity index (χ1v) is 7.29. The van der Waals surface area contributed by atoms with Gasteiger partial charge in [-0.3, -0.25) is 0 Å². The van der Waals surface area contributed by atoms with Gasteiger partial charge in [0.05, 0.1) is 18.3 Å². The molecule has 1 atom stereocenters. The molecule has 18 heavy (non-hydrogen) atoms. The number of rotatable bonds is 4. The molecule has 4 nitrogen and oxygen atoms in total. The fourth-order valence-corrected chi connectivity index (χ4v) is 2.03. The van der Waals surface area contributed by atoms with Crippen LogP contribution >= 0.6 is 11.8 Å². The highest BCUT2D eigenvalue weighted by Crippen LogP contribution is 2.19. The second kappa shape index (κ2) is 6.78. The zero-order chi connectivity index (χ0) is 12.8. The maximum atomic E-state index is 11.6. The number of benzene rings is 1. The monoisotopic (exact) mass is 267 g/mol. The van der Waals surface area contributed by atoms with E-state index in [9.17, 15) is 4.79 Å². The van der Waals surface area contributed by atoms with E-state index >= 15 is 0 Å². The van der Waals surface area contributed by atoms with Gasteiger partial charge in [0, 0.05) is 13.1 Å². The van der Waals surface area contributed by atoms with Crippen LogP contribution in [0.4, 0.5) is 0 Å². The lowest BCUT2D eigenvalue weighted by atomic mass is 10.1. The Morgan fingerprint density at radius 1 is 1.50 bits per heavy atom. The third-order valence-electron chi connectivity index (χ3n) is 2.75. The quantitative estimate of drug-likeness (QED) is 0.666. The van der Waals surface area contributed by atoms with Crippen molar-refractivity contribution in [3.8, 4) is 0 Å². The minimum atomic E-state index is -0.279.